The molecule has 0 radical (unpaired) electrons. The van der Waals surface area contributed by atoms with Crippen molar-refractivity contribution in [1.82, 2.24) is 15.5 Å². The lowest BCUT2D eigenvalue weighted by Crippen LogP contribution is -2.57. The van der Waals surface area contributed by atoms with E-state index in [2.05, 4.69) is 10.6 Å². The normalized spacial score (nSPS) is 16.7. The molecule has 0 aromatic heterocycles. The van der Waals surface area contributed by atoms with Gasteiger partial charge in [0.05, 0.1) is 10.0 Å². The number of nitrogens with zero attached hydrogens (tertiary/aromatic N) is 1. The van der Waals surface area contributed by atoms with Crippen molar-refractivity contribution in [1.29, 1.82) is 0 Å². The highest BCUT2D eigenvalue weighted by Crippen LogP contribution is 2.25. The Morgan fingerprint density at radius 1 is 1.23 bits per heavy atom. The van der Waals surface area contributed by atoms with Crippen molar-refractivity contribution in [3.8, 4) is 0 Å². The van der Waals surface area contributed by atoms with Gasteiger partial charge in [-0.05, 0) is 24.1 Å². The summed E-state index contributed by atoms with van der Waals surface area (Å²) in [5.41, 5.74) is 0.805. The second kappa shape index (κ2) is 10.6. The van der Waals surface area contributed by atoms with Gasteiger partial charge in [-0.15, -0.1) is 12.4 Å². The zero-order valence-corrected chi connectivity index (χ0v) is 16.2. The van der Waals surface area contributed by atoms with Gasteiger partial charge >= 0.3 is 6.18 Å². The molecule has 0 bridgehead atoms. The SMILES string of the molecule is Cl.O=C(CCc1ccc(Cl)c(Cl)c1)NCC(N1CCNCC1)C(F)(F)F. The van der Waals surface area contributed by atoms with Crippen LogP contribution >= 0.6 is 35.6 Å². The van der Waals surface area contributed by atoms with Gasteiger partial charge in [0.25, 0.3) is 0 Å². The Balaban J connectivity index is 0.00000338. The molecule has 1 aliphatic rings. The highest BCUT2D eigenvalue weighted by Gasteiger charge is 2.43. The Bertz CT molecular complexity index is 596. The molecule has 0 aliphatic carbocycles. The monoisotopic (exact) mass is 433 g/mol. The molecule has 1 aromatic carbocycles. The smallest absolute Gasteiger partial charge is 0.354 e. The number of rotatable bonds is 6. The minimum absolute atomic E-state index is 0. The number of alkyl halides is 3. The maximum atomic E-state index is 13.2. The van der Waals surface area contributed by atoms with Gasteiger partial charge in [0.2, 0.25) is 5.91 Å². The van der Waals surface area contributed by atoms with Gasteiger partial charge in [0.15, 0.2) is 0 Å². The third-order valence-corrected chi connectivity index (χ3v) is 4.83. The Hall–Kier alpha value is -0.730. The van der Waals surface area contributed by atoms with Crippen molar-refractivity contribution in [2.45, 2.75) is 25.1 Å². The predicted molar refractivity (Wildman–Crippen MR) is 99.3 cm³/mol. The lowest BCUT2D eigenvalue weighted by molar-refractivity contribution is -0.184. The third-order valence-electron chi connectivity index (χ3n) is 4.09. The molecule has 1 atom stereocenters. The summed E-state index contributed by atoms with van der Waals surface area (Å²) in [6.07, 6.45) is -3.91. The number of carbonyl (C=O) groups excluding carboxylic acids is 1. The second-order valence-corrected chi connectivity index (χ2v) is 6.71. The van der Waals surface area contributed by atoms with E-state index in [1.54, 1.807) is 18.2 Å². The van der Waals surface area contributed by atoms with Gasteiger partial charge < -0.3 is 10.6 Å². The first-order chi connectivity index (χ1) is 11.8. The first-order valence-corrected chi connectivity index (χ1v) is 8.75. The highest BCUT2D eigenvalue weighted by molar-refractivity contribution is 6.42. The second-order valence-electron chi connectivity index (χ2n) is 5.90. The molecule has 4 nitrogen and oxygen atoms in total. The van der Waals surface area contributed by atoms with Crippen LogP contribution in [0.5, 0.6) is 0 Å². The molecular weight excluding hydrogens is 414 g/mol. The van der Waals surface area contributed by atoms with Crippen molar-refractivity contribution in [3.05, 3.63) is 33.8 Å². The van der Waals surface area contributed by atoms with Crippen LogP contribution in [0.1, 0.15) is 12.0 Å². The number of amides is 1. The highest BCUT2D eigenvalue weighted by atomic mass is 35.5. The molecule has 1 aromatic rings. The molecule has 1 amide bonds. The first-order valence-electron chi connectivity index (χ1n) is 7.99. The standard InChI is InChI=1S/C16H20Cl2F3N3O.ClH/c17-12-3-1-11(9-13(12)18)2-4-15(25)23-10-14(16(19,20)21)24-7-5-22-6-8-24;/h1,3,9,14,22H,2,4-8,10H2,(H,23,25);1H. The molecule has 148 valence electrons. The number of piperazine rings is 1. The maximum absolute atomic E-state index is 13.2. The largest absolute Gasteiger partial charge is 0.405 e. The predicted octanol–water partition coefficient (Wildman–Crippen LogP) is 3.30. The minimum Gasteiger partial charge on any atom is -0.354 e. The van der Waals surface area contributed by atoms with E-state index >= 15 is 0 Å². The number of hydrogen-bond donors (Lipinski definition) is 2. The van der Waals surface area contributed by atoms with Gasteiger partial charge in [-0.3, -0.25) is 9.69 Å². The van der Waals surface area contributed by atoms with Crippen LogP contribution in [0.3, 0.4) is 0 Å². The van der Waals surface area contributed by atoms with E-state index in [1.807, 2.05) is 0 Å². The molecule has 1 heterocycles. The van der Waals surface area contributed by atoms with Gasteiger partial charge in [-0.25, -0.2) is 0 Å². The quantitative estimate of drug-likeness (QED) is 0.722. The molecule has 1 fully saturated rings. The number of nitrogens with one attached hydrogen (secondary N) is 2. The molecule has 26 heavy (non-hydrogen) atoms. The van der Waals surface area contributed by atoms with Crippen LogP contribution < -0.4 is 10.6 Å². The molecule has 2 rings (SSSR count). The number of carbonyl (C=O) groups is 1. The summed E-state index contributed by atoms with van der Waals surface area (Å²) in [6.45, 7) is 1.20. The van der Waals surface area contributed by atoms with Crippen LogP contribution in [0.25, 0.3) is 0 Å². The number of hydrogen-bond acceptors (Lipinski definition) is 3. The average Bonchev–Trinajstić information content (AvgIpc) is 2.56. The molecule has 1 unspecified atom stereocenters. The molecule has 1 saturated heterocycles. The van der Waals surface area contributed by atoms with Crippen LogP contribution in [-0.4, -0.2) is 55.7 Å². The molecule has 10 heteroatoms. The van der Waals surface area contributed by atoms with Gasteiger partial charge in [-0.2, -0.15) is 13.2 Å². The Kier molecular flexibility index (Phi) is 9.47. The topological polar surface area (TPSA) is 44.4 Å². The summed E-state index contributed by atoms with van der Waals surface area (Å²) in [5, 5.41) is 6.22. The summed E-state index contributed by atoms with van der Waals surface area (Å²) in [6, 6.07) is 3.35. The fourth-order valence-corrected chi connectivity index (χ4v) is 3.02. The number of aryl methyl sites for hydroxylation is 1. The fourth-order valence-electron chi connectivity index (χ4n) is 2.70. The van der Waals surface area contributed by atoms with E-state index in [0.29, 0.717) is 42.6 Å². The summed E-state index contributed by atoms with van der Waals surface area (Å²) < 4.78 is 39.7. The summed E-state index contributed by atoms with van der Waals surface area (Å²) >= 11 is 11.7. The average molecular weight is 435 g/mol. The van der Waals surface area contributed by atoms with Crippen molar-refractivity contribution < 1.29 is 18.0 Å². The lowest BCUT2D eigenvalue weighted by atomic mass is 10.1. The van der Waals surface area contributed by atoms with E-state index in [1.165, 1.54) is 4.90 Å². The fraction of sp³-hybridized carbons (Fsp3) is 0.562. The Morgan fingerprint density at radius 3 is 2.46 bits per heavy atom. The van der Waals surface area contributed by atoms with Crippen LogP contribution in [-0.2, 0) is 11.2 Å². The number of benzene rings is 1. The molecule has 0 spiro atoms. The van der Waals surface area contributed by atoms with Crippen molar-refractivity contribution in [3.63, 3.8) is 0 Å². The van der Waals surface area contributed by atoms with Crippen molar-refractivity contribution in [2.24, 2.45) is 0 Å². The van der Waals surface area contributed by atoms with Crippen molar-refractivity contribution >= 4 is 41.5 Å². The molecule has 0 saturated carbocycles. The van der Waals surface area contributed by atoms with Gasteiger partial charge in [0, 0.05) is 39.1 Å². The van der Waals surface area contributed by atoms with E-state index < -0.39 is 24.7 Å². The summed E-state index contributed by atoms with van der Waals surface area (Å²) in [5.74, 6) is -0.421. The Labute approximate surface area is 166 Å². The van der Waals surface area contributed by atoms with Crippen LogP contribution in [0.2, 0.25) is 10.0 Å². The van der Waals surface area contributed by atoms with Gasteiger partial charge in [0.1, 0.15) is 6.04 Å². The van der Waals surface area contributed by atoms with Crippen molar-refractivity contribution in [2.75, 3.05) is 32.7 Å². The number of halogens is 6. The molecular formula is C16H21Cl3F3N3O. The Morgan fingerprint density at radius 2 is 1.88 bits per heavy atom. The maximum Gasteiger partial charge on any atom is 0.405 e. The lowest BCUT2D eigenvalue weighted by Gasteiger charge is -2.35. The van der Waals surface area contributed by atoms with E-state index in [-0.39, 0.29) is 18.8 Å². The van der Waals surface area contributed by atoms with Crippen LogP contribution in [0.4, 0.5) is 13.2 Å². The zero-order valence-electron chi connectivity index (χ0n) is 13.9. The van der Waals surface area contributed by atoms with E-state index in [0.717, 1.165) is 5.56 Å². The van der Waals surface area contributed by atoms with Crippen LogP contribution in [0, 0.1) is 0 Å². The summed E-state index contributed by atoms with van der Waals surface area (Å²) in [7, 11) is 0. The zero-order chi connectivity index (χ0) is 18.4. The van der Waals surface area contributed by atoms with E-state index in [4.69, 9.17) is 23.2 Å². The summed E-state index contributed by atoms with van der Waals surface area (Å²) in [4.78, 5) is 13.3. The van der Waals surface area contributed by atoms with Gasteiger partial charge in [-0.1, -0.05) is 29.3 Å². The third kappa shape index (κ3) is 7.12. The molecule has 2 N–H and O–H groups in total. The van der Waals surface area contributed by atoms with E-state index in [9.17, 15) is 18.0 Å². The first kappa shape index (κ1) is 23.3. The van der Waals surface area contributed by atoms with Crippen LogP contribution in [0.15, 0.2) is 18.2 Å². The molecule has 1 aliphatic heterocycles. The minimum atomic E-state index is -4.38.